The second-order valence-electron chi connectivity index (χ2n) is 5.89. The molecule has 0 aliphatic carbocycles. The molecule has 1 heterocycles. The molecule has 0 bridgehead atoms. The van der Waals surface area contributed by atoms with Gasteiger partial charge in [-0.3, -0.25) is 4.79 Å². The summed E-state index contributed by atoms with van der Waals surface area (Å²) in [4.78, 5) is 19.9. The van der Waals surface area contributed by atoms with Gasteiger partial charge in [-0.1, -0.05) is 11.6 Å². The van der Waals surface area contributed by atoms with Crippen LogP contribution in [0.3, 0.4) is 0 Å². The van der Waals surface area contributed by atoms with E-state index in [-0.39, 0.29) is 17.9 Å². The van der Waals surface area contributed by atoms with Gasteiger partial charge < -0.3 is 19.8 Å². The Bertz CT molecular complexity index is 1030. The summed E-state index contributed by atoms with van der Waals surface area (Å²) in [6.45, 7) is 1.90. The predicted octanol–water partition coefficient (Wildman–Crippen LogP) is 3.59. The highest BCUT2D eigenvalue weighted by atomic mass is 35.5. The van der Waals surface area contributed by atoms with Crippen molar-refractivity contribution < 1.29 is 14.3 Å². The Morgan fingerprint density at radius 2 is 1.96 bits per heavy atom. The number of amides is 1. The molecular weight excluding hydrogens is 368 g/mol. The molecule has 0 atom stereocenters. The highest BCUT2D eigenvalue weighted by molar-refractivity contribution is 6.32. The van der Waals surface area contributed by atoms with Gasteiger partial charge in [0.05, 0.1) is 42.9 Å². The third kappa shape index (κ3) is 3.81. The van der Waals surface area contributed by atoms with Crippen LogP contribution in [0, 0.1) is 18.3 Å². The molecule has 0 aliphatic heterocycles. The fourth-order valence-corrected chi connectivity index (χ4v) is 2.86. The first kappa shape index (κ1) is 18.5. The SMILES string of the molecule is COc1cc(C#N)c(NC(=O)Cc2nc3cc(Cl)c(C)cc3[nH]2)cc1OC. The van der Waals surface area contributed by atoms with E-state index in [0.29, 0.717) is 33.6 Å². The number of aromatic amines is 1. The lowest BCUT2D eigenvalue weighted by Crippen LogP contribution is -2.16. The number of benzene rings is 2. The molecule has 3 rings (SSSR count). The Kier molecular flexibility index (Phi) is 5.19. The number of nitrogens with one attached hydrogen (secondary N) is 2. The summed E-state index contributed by atoms with van der Waals surface area (Å²) in [6, 6.07) is 8.74. The van der Waals surface area contributed by atoms with Crippen molar-refractivity contribution in [2.75, 3.05) is 19.5 Å². The van der Waals surface area contributed by atoms with Gasteiger partial charge in [0.25, 0.3) is 0 Å². The minimum absolute atomic E-state index is 0.0184. The maximum atomic E-state index is 12.4. The summed E-state index contributed by atoms with van der Waals surface area (Å²) in [6.07, 6.45) is 0.0184. The van der Waals surface area contributed by atoms with Crippen LogP contribution in [0.2, 0.25) is 5.02 Å². The number of halogens is 1. The molecule has 138 valence electrons. The lowest BCUT2D eigenvalue weighted by Gasteiger charge is -2.12. The highest BCUT2D eigenvalue weighted by Gasteiger charge is 2.15. The molecule has 0 fully saturated rings. The largest absolute Gasteiger partial charge is 0.493 e. The van der Waals surface area contributed by atoms with Gasteiger partial charge in [0.15, 0.2) is 11.5 Å². The average molecular weight is 385 g/mol. The smallest absolute Gasteiger partial charge is 0.232 e. The lowest BCUT2D eigenvalue weighted by atomic mass is 10.1. The van der Waals surface area contributed by atoms with Crippen molar-refractivity contribution in [2.45, 2.75) is 13.3 Å². The van der Waals surface area contributed by atoms with Gasteiger partial charge in [0.2, 0.25) is 5.91 Å². The number of nitrogens with zero attached hydrogens (tertiary/aromatic N) is 2. The Labute approximate surface area is 160 Å². The second kappa shape index (κ2) is 7.56. The van der Waals surface area contributed by atoms with Crippen molar-refractivity contribution in [3.05, 3.63) is 46.2 Å². The van der Waals surface area contributed by atoms with Crippen molar-refractivity contribution in [3.8, 4) is 17.6 Å². The molecule has 27 heavy (non-hydrogen) atoms. The number of carbonyl (C=O) groups excluding carboxylic acids is 1. The first-order chi connectivity index (χ1) is 12.9. The molecule has 2 aromatic carbocycles. The van der Waals surface area contributed by atoms with Gasteiger partial charge in [-0.25, -0.2) is 4.98 Å². The number of nitriles is 1. The average Bonchev–Trinajstić information content (AvgIpc) is 3.02. The lowest BCUT2D eigenvalue weighted by molar-refractivity contribution is -0.115. The van der Waals surface area contributed by atoms with E-state index in [4.69, 9.17) is 21.1 Å². The van der Waals surface area contributed by atoms with Crippen molar-refractivity contribution in [1.29, 1.82) is 5.26 Å². The molecule has 0 saturated heterocycles. The summed E-state index contributed by atoms with van der Waals surface area (Å²) >= 11 is 6.11. The maximum absolute atomic E-state index is 12.4. The molecule has 2 N–H and O–H groups in total. The standard InChI is InChI=1S/C19H17ClN4O3/c1-10-4-14-15(6-12(10)20)23-18(22-14)8-19(25)24-13-7-17(27-3)16(26-2)5-11(13)9-21/h4-7H,8H2,1-3H3,(H,22,23)(H,24,25). The molecule has 0 saturated carbocycles. The predicted molar refractivity (Wildman–Crippen MR) is 102 cm³/mol. The third-order valence-electron chi connectivity index (χ3n) is 4.06. The Morgan fingerprint density at radius 1 is 1.26 bits per heavy atom. The van der Waals surface area contributed by atoms with Crippen molar-refractivity contribution in [2.24, 2.45) is 0 Å². The van der Waals surface area contributed by atoms with Gasteiger partial charge in [0.1, 0.15) is 11.9 Å². The van der Waals surface area contributed by atoms with Gasteiger partial charge in [-0.2, -0.15) is 5.26 Å². The molecule has 7 nitrogen and oxygen atoms in total. The minimum Gasteiger partial charge on any atom is -0.493 e. The number of methoxy groups -OCH3 is 2. The fourth-order valence-electron chi connectivity index (χ4n) is 2.70. The summed E-state index contributed by atoms with van der Waals surface area (Å²) in [7, 11) is 2.96. The Morgan fingerprint density at radius 3 is 2.63 bits per heavy atom. The van der Waals surface area contributed by atoms with Crippen LogP contribution < -0.4 is 14.8 Å². The zero-order chi connectivity index (χ0) is 19.6. The first-order valence-electron chi connectivity index (χ1n) is 8.06. The normalized spacial score (nSPS) is 10.5. The van der Waals surface area contributed by atoms with Crippen LogP contribution >= 0.6 is 11.6 Å². The number of hydrogen-bond donors (Lipinski definition) is 2. The summed E-state index contributed by atoms with van der Waals surface area (Å²) in [5.41, 5.74) is 3.04. The zero-order valence-corrected chi connectivity index (χ0v) is 15.8. The molecule has 0 unspecified atom stereocenters. The second-order valence-corrected chi connectivity index (χ2v) is 6.30. The topological polar surface area (TPSA) is 100 Å². The van der Waals surface area contributed by atoms with Gasteiger partial charge in [-0.05, 0) is 24.6 Å². The number of imidazole rings is 1. The van der Waals surface area contributed by atoms with Gasteiger partial charge >= 0.3 is 0 Å². The molecule has 3 aromatic rings. The van der Waals surface area contributed by atoms with Crippen LogP contribution in [0.1, 0.15) is 17.0 Å². The van der Waals surface area contributed by atoms with Crippen molar-refractivity contribution in [1.82, 2.24) is 9.97 Å². The molecule has 0 radical (unpaired) electrons. The number of aromatic nitrogens is 2. The number of ether oxygens (including phenoxy) is 2. The number of carbonyl (C=O) groups is 1. The van der Waals surface area contributed by atoms with Gasteiger partial charge in [0, 0.05) is 17.2 Å². The van der Waals surface area contributed by atoms with E-state index in [0.717, 1.165) is 11.1 Å². The number of rotatable bonds is 5. The van der Waals surface area contributed by atoms with Crippen LogP contribution in [0.5, 0.6) is 11.5 Å². The molecule has 0 spiro atoms. The third-order valence-corrected chi connectivity index (χ3v) is 4.46. The van der Waals surface area contributed by atoms with E-state index in [2.05, 4.69) is 15.3 Å². The number of aryl methyl sites for hydroxylation is 1. The zero-order valence-electron chi connectivity index (χ0n) is 15.0. The van der Waals surface area contributed by atoms with Crippen molar-refractivity contribution >= 4 is 34.2 Å². The molecular formula is C19H17ClN4O3. The summed E-state index contributed by atoms with van der Waals surface area (Å²) < 4.78 is 10.4. The van der Waals surface area contributed by atoms with Crippen LogP contribution in [0.4, 0.5) is 5.69 Å². The van der Waals surface area contributed by atoms with E-state index >= 15 is 0 Å². The van der Waals surface area contributed by atoms with E-state index in [9.17, 15) is 10.1 Å². The molecule has 0 aliphatic rings. The maximum Gasteiger partial charge on any atom is 0.232 e. The highest BCUT2D eigenvalue weighted by Crippen LogP contribution is 2.33. The fraction of sp³-hybridized carbons (Fsp3) is 0.211. The number of fused-ring (bicyclic) bond motifs is 1. The number of anilines is 1. The van der Waals surface area contributed by atoms with Gasteiger partial charge in [-0.15, -0.1) is 0 Å². The van der Waals surface area contributed by atoms with Crippen LogP contribution in [-0.2, 0) is 11.2 Å². The first-order valence-corrected chi connectivity index (χ1v) is 8.43. The van der Waals surface area contributed by atoms with Crippen LogP contribution in [-0.4, -0.2) is 30.1 Å². The Hall–Kier alpha value is -3.24. The molecule has 8 heteroatoms. The Balaban J connectivity index is 1.83. The van der Waals surface area contributed by atoms with E-state index in [1.807, 2.05) is 19.1 Å². The number of hydrogen-bond acceptors (Lipinski definition) is 5. The summed E-state index contributed by atoms with van der Waals surface area (Å²) in [5, 5.41) is 12.7. The quantitative estimate of drug-likeness (QED) is 0.700. The van der Waals surface area contributed by atoms with Crippen LogP contribution in [0.25, 0.3) is 11.0 Å². The number of H-pyrrole nitrogens is 1. The molecule has 1 aromatic heterocycles. The van der Waals surface area contributed by atoms with Crippen molar-refractivity contribution in [3.63, 3.8) is 0 Å². The monoisotopic (exact) mass is 384 g/mol. The summed E-state index contributed by atoms with van der Waals surface area (Å²) in [5.74, 6) is 1.01. The van der Waals surface area contributed by atoms with E-state index in [1.165, 1.54) is 20.3 Å². The minimum atomic E-state index is -0.319. The van der Waals surface area contributed by atoms with E-state index < -0.39 is 0 Å². The van der Waals surface area contributed by atoms with Crippen LogP contribution in [0.15, 0.2) is 24.3 Å². The molecule has 1 amide bonds. The van der Waals surface area contributed by atoms with E-state index in [1.54, 1.807) is 12.1 Å².